The van der Waals surface area contributed by atoms with E-state index in [9.17, 15) is 22.8 Å². The Bertz CT molecular complexity index is 1030. The van der Waals surface area contributed by atoms with Gasteiger partial charge in [0.1, 0.15) is 5.82 Å². The summed E-state index contributed by atoms with van der Waals surface area (Å²) in [5, 5.41) is 2.41. The van der Waals surface area contributed by atoms with Crippen LogP contribution in [0.4, 0.5) is 18.9 Å². The summed E-state index contributed by atoms with van der Waals surface area (Å²) in [6, 6.07) is 11.4. The lowest BCUT2D eigenvalue weighted by molar-refractivity contribution is 0.102. The van der Waals surface area contributed by atoms with Crippen molar-refractivity contribution in [2.45, 2.75) is 6.54 Å². The number of aromatic nitrogens is 1. The van der Waals surface area contributed by atoms with Crippen LogP contribution in [0.5, 0.6) is 0 Å². The zero-order chi connectivity index (χ0) is 18.7. The molecule has 0 saturated heterocycles. The molecule has 2 aromatic carbocycles. The van der Waals surface area contributed by atoms with Gasteiger partial charge in [0.05, 0.1) is 12.1 Å². The lowest BCUT2D eigenvalue weighted by atomic mass is 10.2. The molecule has 132 valence electrons. The van der Waals surface area contributed by atoms with Crippen LogP contribution < -0.4 is 10.9 Å². The van der Waals surface area contributed by atoms with Crippen LogP contribution in [0.2, 0.25) is 0 Å². The van der Waals surface area contributed by atoms with Crippen LogP contribution in [-0.2, 0) is 6.54 Å². The van der Waals surface area contributed by atoms with E-state index in [1.54, 1.807) is 6.07 Å². The fourth-order valence-electron chi connectivity index (χ4n) is 2.38. The van der Waals surface area contributed by atoms with E-state index in [4.69, 9.17) is 0 Å². The number of nitrogens with zero attached hydrogens (tertiary/aromatic N) is 1. The maximum absolute atomic E-state index is 13.8. The van der Waals surface area contributed by atoms with Crippen molar-refractivity contribution in [3.05, 3.63) is 99.7 Å². The second kappa shape index (κ2) is 7.26. The van der Waals surface area contributed by atoms with Crippen LogP contribution in [-0.4, -0.2) is 10.5 Å². The van der Waals surface area contributed by atoms with E-state index < -0.39 is 28.9 Å². The van der Waals surface area contributed by atoms with Crippen molar-refractivity contribution in [3.8, 4) is 0 Å². The molecule has 1 aromatic heterocycles. The normalized spacial score (nSPS) is 10.6. The summed E-state index contributed by atoms with van der Waals surface area (Å²) in [6.07, 6.45) is 1.28. The molecule has 1 N–H and O–H groups in total. The summed E-state index contributed by atoms with van der Waals surface area (Å²) in [5.74, 6) is -3.19. The van der Waals surface area contributed by atoms with Gasteiger partial charge < -0.3 is 9.88 Å². The Morgan fingerprint density at radius 2 is 1.69 bits per heavy atom. The lowest BCUT2D eigenvalue weighted by Crippen LogP contribution is -2.23. The Morgan fingerprint density at radius 3 is 2.42 bits per heavy atom. The van der Waals surface area contributed by atoms with Crippen molar-refractivity contribution < 1.29 is 18.0 Å². The molecule has 0 aliphatic heterocycles. The fraction of sp³-hybridized carbons (Fsp3) is 0.0526. The summed E-state index contributed by atoms with van der Waals surface area (Å²) in [6.45, 7) is -0.0438. The Balaban J connectivity index is 1.84. The second-order valence-electron chi connectivity index (χ2n) is 5.56. The molecule has 0 atom stereocenters. The quantitative estimate of drug-likeness (QED) is 0.775. The van der Waals surface area contributed by atoms with Gasteiger partial charge in [-0.05, 0) is 24.3 Å². The summed E-state index contributed by atoms with van der Waals surface area (Å²) in [5.41, 5.74) is 0.0804. The van der Waals surface area contributed by atoms with E-state index in [1.807, 2.05) is 0 Å². The van der Waals surface area contributed by atoms with E-state index in [0.717, 1.165) is 12.1 Å². The van der Waals surface area contributed by atoms with Crippen molar-refractivity contribution in [3.63, 3.8) is 0 Å². The highest BCUT2D eigenvalue weighted by atomic mass is 19.2. The van der Waals surface area contributed by atoms with E-state index >= 15 is 0 Å². The van der Waals surface area contributed by atoms with Crippen molar-refractivity contribution >= 4 is 11.6 Å². The molecule has 0 spiro atoms. The first-order valence-corrected chi connectivity index (χ1v) is 7.64. The molecule has 3 aromatic rings. The predicted octanol–water partition coefficient (Wildman–Crippen LogP) is 3.57. The Kier molecular flexibility index (Phi) is 4.88. The number of pyridine rings is 1. The summed E-state index contributed by atoms with van der Waals surface area (Å²) in [4.78, 5) is 24.2. The third-order valence-electron chi connectivity index (χ3n) is 3.72. The molecule has 4 nitrogen and oxygen atoms in total. The number of anilines is 1. The van der Waals surface area contributed by atoms with Crippen LogP contribution >= 0.6 is 0 Å². The average Bonchev–Trinajstić information content (AvgIpc) is 2.62. The molecule has 1 heterocycles. The van der Waals surface area contributed by atoms with Crippen molar-refractivity contribution in [2.24, 2.45) is 0 Å². The molecular weight excluding hydrogens is 345 g/mol. The molecule has 0 fully saturated rings. The molecule has 0 saturated carbocycles. The summed E-state index contributed by atoms with van der Waals surface area (Å²) in [7, 11) is 0. The standard InChI is InChI=1S/C19H13F3N2O2/c20-15-4-2-1-3-12(15)10-24-11-13(5-8-18(24)25)19(26)23-14-6-7-16(21)17(22)9-14/h1-9,11H,10H2,(H,23,26). The maximum Gasteiger partial charge on any atom is 0.257 e. The van der Waals surface area contributed by atoms with Crippen molar-refractivity contribution in [2.75, 3.05) is 5.32 Å². The number of carbonyl (C=O) groups excluding carboxylic acids is 1. The van der Waals surface area contributed by atoms with Gasteiger partial charge in [-0.15, -0.1) is 0 Å². The van der Waals surface area contributed by atoms with Gasteiger partial charge in [0, 0.05) is 29.6 Å². The van der Waals surface area contributed by atoms with Crippen LogP contribution in [0.15, 0.2) is 65.6 Å². The van der Waals surface area contributed by atoms with Crippen LogP contribution in [0, 0.1) is 17.5 Å². The minimum Gasteiger partial charge on any atom is -0.322 e. The molecule has 0 unspecified atom stereocenters. The highest BCUT2D eigenvalue weighted by Gasteiger charge is 2.11. The van der Waals surface area contributed by atoms with Gasteiger partial charge in [-0.2, -0.15) is 0 Å². The predicted molar refractivity (Wildman–Crippen MR) is 90.5 cm³/mol. The lowest BCUT2D eigenvalue weighted by Gasteiger charge is -2.10. The Labute approximate surface area is 146 Å². The number of nitrogens with one attached hydrogen (secondary N) is 1. The second-order valence-corrected chi connectivity index (χ2v) is 5.56. The zero-order valence-corrected chi connectivity index (χ0v) is 13.4. The highest BCUT2D eigenvalue weighted by Crippen LogP contribution is 2.14. The van der Waals surface area contributed by atoms with E-state index in [1.165, 1.54) is 47.2 Å². The number of hydrogen-bond donors (Lipinski definition) is 1. The number of hydrogen-bond acceptors (Lipinski definition) is 2. The number of halogens is 3. The van der Waals surface area contributed by atoms with E-state index in [-0.39, 0.29) is 17.8 Å². The van der Waals surface area contributed by atoms with Crippen molar-refractivity contribution in [1.82, 2.24) is 4.57 Å². The molecule has 0 radical (unpaired) electrons. The van der Waals surface area contributed by atoms with Crippen LogP contribution in [0.1, 0.15) is 15.9 Å². The Morgan fingerprint density at radius 1 is 0.923 bits per heavy atom. The average molecular weight is 358 g/mol. The number of rotatable bonds is 4. The van der Waals surface area contributed by atoms with Crippen LogP contribution in [0.25, 0.3) is 0 Å². The van der Waals surface area contributed by atoms with E-state index in [0.29, 0.717) is 5.56 Å². The van der Waals surface area contributed by atoms with Gasteiger partial charge in [0.25, 0.3) is 11.5 Å². The molecule has 0 aliphatic rings. The first kappa shape index (κ1) is 17.5. The minimum atomic E-state index is -1.09. The zero-order valence-electron chi connectivity index (χ0n) is 13.4. The number of carbonyl (C=O) groups is 1. The summed E-state index contributed by atoms with van der Waals surface area (Å²) < 4.78 is 41.1. The Hall–Kier alpha value is -3.35. The van der Waals surface area contributed by atoms with Gasteiger partial charge in [-0.25, -0.2) is 13.2 Å². The minimum absolute atomic E-state index is 0.0438. The molecule has 3 rings (SSSR count). The third kappa shape index (κ3) is 3.83. The SMILES string of the molecule is O=C(Nc1ccc(F)c(F)c1)c1ccc(=O)n(Cc2ccccc2F)c1. The molecular formula is C19H13F3N2O2. The maximum atomic E-state index is 13.8. The molecule has 1 amide bonds. The fourth-order valence-corrected chi connectivity index (χ4v) is 2.38. The molecule has 26 heavy (non-hydrogen) atoms. The first-order valence-electron chi connectivity index (χ1n) is 7.64. The van der Waals surface area contributed by atoms with E-state index in [2.05, 4.69) is 5.32 Å². The third-order valence-corrected chi connectivity index (χ3v) is 3.72. The van der Waals surface area contributed by atoms with Gasteiger partial charge in [-0.3, -0.25) is 9.59 Å². The molecule has 0 bridgehead atoms. The highest BCUT2D eigenvalue weighted by molar-refractivity contribution is 6.04. The monoisotopic (exact) mass is 358 g/mol. The van der Waals surface area contributed by atoms with Gasteiger partial charge >= 0.3 is 0 Å². The summed E-state index contributed by atoms with van der Waals surface area (Å²) >= 11 is 0. The molecule has 7 heteroatoms. The van der Waals surface area contributed by atoms with Crippen LogP contribution in [0.3, 0.4) is 0 Å². The first-order chi connectivity index (χ1) is 12.4. The smallest absolute Gasteiger partial charge is 0.257 e. The van der Waals surface area contributed by atoms with Gasteiger partial charge in [0.15, 0.2) is 11.6 Å². The van der Waals surface area contributed by atoms with Gasteiger partial charge in [-0.1, -0.05) is 18.2 Å². The topological polar surface area (TPSA) is 51.1 Å². The molecule has 0 aliphatic carbocycles. The van der Waals surface area contributed by atoms with Gasteiger partial charge in [0.2, 0.25) is 0 Å². The number of amides is 1. The number of benzene rings is 2. The van der Waals surface area contributed by atoms with Crippen molar-refractivity contribution in [1.29, 1.82) is 0 Å². The largest absolute Gasteiger partial charge is 0.322 e.